The summed E-state index contributed by atoms with van der Waals surface area (Å²) in [5.74, 6) is -0.865. The average molecular weight is 245 g/mol. The topological polar surface area (TPSA) is 112 Å². The lowest BCUT2D eigenvalue weighted by Gasteiger charge is -2.02. The van der Waals surface area contributed by atoms with Crippen molar-refractivity contribution in [2.45, 2.75) is 12.8 Å². The first-order valence-corrected chi connectivity index (χ1v) is 6.41. The highest BCUT2D eigenvalue weighted by Crippen LogP contribution is 2.30. The van der Waals surface area contributed by atoms with Gasteiger partial charge in [-0.3, -0.25) is 9.82 Å². The standard InChI is InChI=1S/C8H11N3O4S/c12-8(13)6-3-7(10-9-6)11-16(14,15)4-5-1-2-5/h3,5H,1-2,4H2,(H,12,13)(H2,9,10,11). The summed E-state index contributed by atoms with van der Waals surface area (Å²) < 4.78 is 25.3. The molecule has 0 spiro atoms. The summed E-state index contributed by atoms with van der Waals surface area (Å²) in [6.45, 7) is 0. The van der Waals surface area contributed by atoms with Crippen molar-refractivity contribution >= 4 is 21.8 Å². The smallest absolute Gasteiger partial charge is 0.353 e. The fraction of sp³-hybridized carbons (Fsp3) is 0.500. The Kier molecular flexibility index (Phi) is 2.58. The summed E-state index contributed by atoms with van der Waals surface area (Å²) >= 11 is 0. The third-order valence-electron chi connectivity index (χ3n) is 2.22. The zero-order valence-electron chi connectivity index (χ0n) is 8.30. The predicted octanol–water partition coefficient (Wildman–Crippen LogP) is 0.260. The molecule has 0 aromatic carbocycles. The lowest BCUT2D eigenvalue weighted by atomic mass is 10.4. The molecule has 0 atom stereocenters. The summed E-state index contributed by atoms with van der Waals surface area (Å²) in [6.07, 6.45) is 1.86. The Bertz CT molecular complexity index is 503. The largest absolute Gasteiger partial charge is 0.477 e. The van der Waals surface area contributed by atoms with E-state index in [1.807, 2.05) is 0 Å². The molecular weight excluding hydrogens is 234 g/mol. The number of aromatic nitrogens is 2. The predicted molar refractivity (Wildman–Crippen MR) is 55.7 cm³/mol. The van der Waals surface area contributed by atoms with Gasteiger partial charge in [-0.25, -0.2) is 13.2 Å². The van der Waals surface area contributed by atoms with Crippen molar-refractivity contribution in [3.8, 4) is 0 Å². The maximum absolute atomic E-state index is 11.5. The fourth-order valence-electron chi connectivity index (χ4n) is 1.28. The van der Waals surface area contributed by atoms with Crippen LogP contribution in [0.3, 0.4) is 0 Å². The van der Waals surface area contributed by atoms with E-state index in [4.69, 9.17) is 5.11 Å². The molecular formula is C8H11N3O4S. The number of nitrogens with one attached hydrogen (secondary N) is 2. The zero-order valence-corrected chi connectivity index (χ0v) is 9.12. The summed E-state index contributed by atoms with van der Waals surface area (Å²) in [6, 6.07) is 1.15. The van der Waals surface area contributed by atoms with E-state index >= 15 is 0 Å². The maximum Gasteiger partial charge on any atom is 0.353 e. The van der Waals surface area contributed by atoms with Crippen LogP contribution in [-0.4, -0.2) is 35.4 Å². The van der Waals surface area contributed by atoms with Gasteiger partial charge in [0.05, 0.1) is 5.75 Å². The number of aromatic carboxylic acids is 1. The van der Waals surface area contributed by atoms with E-state index in [1.165, 1.54) is 0 Å². The first-order valence-electron chi connectivity index (χ1n) is 4.75. The monoisotopic (exact) mass is 245 g/mol. The molecule has 2 rings (SSSR count). The molecule has 0 saturated heterocycles. The number of carboxylic acids is 1. The number of H-pyrrole nitrogens is 1. The molecule has 1 aromatic rings. The van der Waals surface area contributed by atoms with Gasteiger partial charge in [-0.05, 0) is 18.8 Å². The Morgan fingerprint density at radius 2 is 2.31 bits per heavy atom. The van der Waals surface area contributed by atoms with E-state index in [0.717, 1.165) is 18.9 Å². The van der Waals surface area contributed by atoms with E-state index < -0.39 is 16.0 Å². The third kappa shape index (κ3) is 2.72. The van der Waals surface area contributed by atoms with Crippen molar-refractivity contribution < 1.29 is 18.3 Å². The van der Waals surface area contributed by atoms with E-state index in [1.54, 1.807) is 0 Å². The fourth-order valence-corrected chi connectivity index (χ4v) is 2.74. The number of hydrogen-bond acceptors (Lipinski definition) is 4. The highest BCUT2D eigenvalue weighted by Gasteiger charge is 2.28. The summed E-state index contributed by atoms with van der Waals surface area (Å²) in [7, 11) is -3.41. The van der Waals surface area contributed by atoms with Crippen molar-refractivity contribution in [2.24, 2.45) is 5.92 Å². The number of aromatic amines is 1. The van der Waals surface area contributed by atoms with Gasteiger partial charge in [0, 0.05) is 6.07 Å². The Morgan fingerprint density at radius 1 is 1.62 bits per heavy atom. The molecule has 88 valence electrons. The number of sulfonamides is 1. The van der Waals surface area contributed by atoms with Gasteiger partial charge in [-0.1, -0.05) is 0 Å². The van der Waals surface area contributed by atoms with Crippen LogP contribution in [0.2, 0.25) is 0 Å². The zero-order chi connectivity index (χ0) is 11.8. The van der Waals surface area contributed by atoms with E-state index in [2.05, 4.69) is 14.9 Å². The van der Waals surface area contributed by atoms with Crippen LogP contribution in [0.5, 0.6) is 0 Å². The molecule has 0 aliphatic heterocycles. The van der Waals surface area contributed by atoms with Crippen molar-refractivity contribution in [2.75, 3.05) is 10.5 Å². The van der Waals surface area contributed by atoms with Gasteiger partial charge in [0.15, 0.2) is 5.82 Å². The molecule has 0 bridgehead atoms. The van der Waals surface area contributed by atoms with Gasteiger partial charge < -0.3 is 5.11 Å². The number of nitrogens with zero attached hydrogens (tertiary/aromatic N) is 1. The third-order valence-corrected chi connectivity index (χ3v) is 3.65. The SMILES string of the molecule is O=C(O)c1cc(NS(=O)(=O)CC2CC2)n[nH]1. The van der Waals surface area contributed by atoms with E-state index in [-0.39, 0.29) is 23.2 Å². The van der Waals surface area contributed by atoms with Crippen LogP contribution in [0, 0.1) is 5.92 Å². The second-order valence-electron chi connectivity index (χ2n) is 3.80. The van der Waals surface area contributed by atoms with Gasteiger partial charge in [0.25, 0.3) is 0 Å². The van der Waals surface area contributed by atoms with Crippen LogP contribution in [0.4, 0.5) is 5.82 Å². The second kappa shape index (κ2) is 3.78. The lowest BCUT2D eigenvalue weighted by Crippen LogP contribution is -2.18. The number of anilines is 1. The molecule has 0 radical (unpaired) electrons. The molecule has 3 N–H and O–H groups in total. The van der Waals surface area contributed by atoms with E-state index in [0.29, 0.717) is 0 Å². The molecule has 1 aromatic heterocycles. The van der Waals surface area contributed by atoms with Gasteiger partial charge in [-0.15, -0.1) is 0 Å². The number of hydrogen-bond donors (Lipinski definition) is 3. The Balaban J connectivity index is 2.04. The Hall–Kier alpha value is -1.57. The minimum Gasteiger partial charge on any atom is -0.477 e. The average Bonchev–Trinajstić information content (AvgIpc) is 2.80. The first-order chi connectivity index (χ1) is 7.46. The van der Waals surface area contributed by atoms with Gasteiger partial charge in [-0.2, -0.15) is 5.10 Å². The number of carbonyl (C=O) groups is 1. The first kappa shape index (κ1) is 10.9. The molecule has 1 fully saturated rings. The van der Waals surface area contributed by atoms with Gasteiger partial charge >= 0.3 is 5.97 Å². The highest BCUT2D eigenvalue weighted by molar-refractivity contribution is 7.92. The van der Waals surface area contributed by atoms with Crippen molar-refractivity contribution in [3.63, 3.8) is 0 Å². The molecule has 1 heterocycles. The summed E-state index contributed by atoms with van der Waals surface area (Å²) in [5, 5.41) is 14.4. The molecule has 1 aliphatic rings. The normalized spacial score (nSPS) is 16.0. The van der Waals surface area contributed by atoms with Gasteiger partial charge in [0.1, 0.15) is 5.69 Å². The minimum atomic E-state index is -3.41. The number of carboxylic acid groups (broad SMARTS) is 1. The van der Waals surface area contributed by atoms with E-state index in [9.17, 15) is 13.2 Å². The second-order valence-corrected chi connectivity index (χ2v) is 5.57. The Morgan fingerprint density at radius 3 is 2.81 bits per heavy atom. The number of rotatable bonds is 5. The maximum atomic E-state index is 11.5. The van der Waals surface area contributed by atoms with Crippen molar-refractivity contribution in [1.29, 1.82) is 0 Å². The highest BCUT2D eigenvalue weighted by atomic mass is 32.2. The van der Waals surface area contributed by atoms with Crippen molar-refractivity contribution in [1.82, 2.24) is 10.2 Å². The van der Waals surface area contributed by atoms with Crippen LogP contribution in [0.15, 0.2) is 6.07 Å². The molecule has 1 saturated carbocycles. The summed E-state index contributed by atoms with van der Waals surface area (Å²) in [4.78, 5) is 10.5. The minimum absolute atomic E-state index is 0.0121. The molecule has 0 unspecified atom stereocenters. The Labute approximate surface area is 91.9 Å². The molecule has 7 nitrogen and oxygen atoms in total. The molecule has 8 heteroatoms. The molecule has 0 amide bonds. The van der Waals surface area contributed by atoms with Crippen LogP contribution in [0.25, 0.3) is 0 Å². The lowest BCUT2D eigenvalue weighted by molar-refractivity contribution is 0.0690. The molecule has 16 heavy (non-hydrogen) atoms. The van der Waals surface area contributed by atoms with Crippen LogP contribution in [0.1, 0.15) is 23.3 Å². The van der Waals surface area contributed by atoms with Crippen LogP contribution >= 0.6 is 0 Å². The van der Waals surface area contributed by atoms with Crippen LogP contribution in [-0.2, 0) is 10.0 Å². The molecule has 1 aliphatic carbocycles. The van der Waals surface area contributed by atoms with Crippen molar-refractivity contribution in [3.05, 3.63) is 11.8 Å². The summed E-state index contributed by atoms with van der Waals surface area (Å²) in [5.41, 5.74) is -0.149. The van der Waals surface area contributed by atoms with Gasteiger partial charge in [0.2, 0.25) is 10.0 Å². The van der Waals surface area contributed by atoms with Crippen LogP contribution < -0.4 is 4.72 Å². The quantitative estimate of drug-likeness (QED) is 0.688.